The lowest BCUT2D eigenvalue weighted by atomic mass is 9.78. The van der Waals surface area contributed by atoms with Gasteiger partial charge in [-0.25, -0.2) is 4.79 Å². The number of amides is 4. The third-order valence-corrected chi connectivity index (χ3v) is 5.36. The molecule has 0 saturated carbocycles. The molecule has 2 aliphatic rings. The van der Waals surface area contributed by atoms with Gasteiger partial charge in [0, 0.05) is 6.42 Å². The zero-order valence-electron chi connectivity index (χ0n) is 15.9. The van der Waals surface area contributed by atoms with Crippen LogP contribution in [0.5, 0.6) is 5.75 Å². The molecule has 2 aromatic carbocycles. The third-order valence-electron chi connectivity index (χ3n) is 5.36. The Kier molecular flexibility index (Phi) is 5.11. The van der Waals surface area contributed by atoms with E-state index >= 15 is 0 Å². The van der Waals surface area contributed by atoms with Gasteiger partial charge in [0.25, 0.3) is 5.91 Å². The molecular formula is C21H19F2N3O4. The molecule has 4 amide bonds. The average Bonchev–Trinajstić information content (AvgIpc) is 2.93. The molecule has 2 aromatic rings. The molecule has 156 valence electrons. The molecular weight excluding hydrogens is 396 g/mol. The summed E-state index contributed by atoms with van der Waals surface area (Å²) in [5.74, 6) is -1.37. The van der Waals surface area contributed by atoms with Crippen molar-refractivity contribution in [2.24, 2.45) is 0 Å². The smallest absolute Gasteiger partial charge is 0.387 e. The average molecular weight is 415 g/mol. The molecule has 2 N–H and O–H groups in total. The molecule has 0 radical (unpaired) electrons. The molecule has 0 bridgehead atoms. The van der Waals surface area contributed by atoms with E-state index in [4.69, 9.17) is 0 Å². The summed E-state index contributed by atoms with van der Waals surface area (Å²) in [5.41, 5.74) is 1.08. The van der Waals surface area contributed by atoms with E-state index in [1.807, 2.05) is 24.3 Å². The van der Waals surface area contributed by atoms with Gasteiger partial charge in [0.2, 0.25) is 5.91 Å². The fourth-order valence-corrected chi connectivity index (χ4v) is 3.95. The number of hydrogen-bond donors (Lipinski definition) is 2. The maximum Gasteiger partial charge on any atom is 0.387 e. The van der Waals surface area contributed by atoms with Gasteiger partial charge in [0.15, 0.2) is 0 Å². The van der Waals surface area contributed by atoms with Crippen molar-refractivity contribution >= 4 is 23.5 Å². The number of nitrogens with zero attached hydrogens (tertiary/aromatic N) is 1. The monoisotopic (exact) mass is 415 g/mol. The molecule has 4 rings (SSSR count). The highest BCUT2D eigenvalue weighted by Gasteiger charge is 2.52. The van der Waals surface area contributed by atoms with Gasteiger partial charge < -0.3 is 15.4 Å². The van der Waals surface area contributed by atoms with Crippen molar-refractivity contribution in [3.05, 3.63) is 59.7 Å². The van der Waals surface area contributed by atoms with E-state index in [9.17, 15) is 23.2 Å². The fourth-order valence-electron chi connectivity index (χ4n) is 3.95. The van der Waals surface area contributed by atoms with Gasteiger partial charge >= 0.3 is 12.6 Å². The van der Waals surface area contributed by atoms with Gasteiger partial charge in [0.05, 0.1) is 5.69 Å². The maximum absolute atomic E-state index is 13.0. The predicted molar refractivity (Wildman–Crippen MR) is 103 cm³/mol. The lowest BCUT2D eigenvalue weighted by Gasteiger charge is -2.32. The number of carbonyl (C=O) groups excluding carboxylic acids is 3. The Bertz CT molecular complexity index is 1010. The number of anilines is 1. The Morgan fingerprint density at radius 2 is 1.83 bits per heavy atom. The van der Waals surface area contributed by atoms with E-state index in [2.05, 4.69) is 15.4 Å². The van der Waals surface area contributed by atoms with Crippen molar-refractivity contribution in [2.45, 2.75) is 31.4 Å². The van der Waals surface area contributed by atoms with Gasteiger partial charge in [-0.3, -0.25) is 14.5 Å². The first-order valence-corrected chi connectivity index (χ1v) is 9.42. The molecule has 1 spiro atoms. The third kappa shape index (κ3) is 3.70. The number of urea groups is 1. The maximum atomic E-state index is 13.0. The quantitative estimate of drug-likeness (QED) is 0.735. The van der Waals surface area contributed by atoms with Gasteiger partial charge in [-0.1, -0.05) is 36.4 Å². The summed E-state index contributed by atoms with van der Waals surface area (Å²) in [5, 5.41) is 5.17. The Hall–Kier alpha value is -3.49. The first-order chi connectivity index (χ1) is 14.4. The predicted octanol–water partition coefficient (Wildman–Crippen LogP) is 2.71. The van der Waals surface area contributed by atoms with E-state index in [0.29, 0.717) is 19.3 Å². The van der Waals surface area contributed by atoms with Crippen LogP contribution >= 0.6 is 0 Å². The van der Waals surface area contributed by atoms with Crippen LogP contribution in [0.25, 0.3) is 0 Å². The van der Waals surface area contributed by atoms with Crippen LogP contribution in [0.4, 0.5) is 19.3 Å². The SMILES string of the molecule is O=C(CN1C(=O)N[C@]2(CCc3ccccc3C2)C1=O)Nc1ccccc1OC(F)F. The standard InChI is InChI=1S/C21H19F2N3O4/c22-19(23)30-16-8-4-3-7-15(16)24-17(27)12-26-18(28)21(25-20(26)29)10-9-13-5-1-2-6-14(13)11-21/h1-8,19H,9-12H2,(H,24,27)(H,25,29)/t21-/m0/s1. The van der Waals surface area contributed by atoms with Crippen LogP contribution in [-0.4, -0.2) is 41.4 Å². The fraction of sp³-hybridized carbons (Fsp3) is 0.286. The number of alkyl halides is 2. The summed E-state index contributed by atoms with van der Waals surface area (Å²) in [6, 6.07) is 12.8. The van der Waals surface area contributed by atoms with Crippen molar-refractivity contribution in [1.29, 1.82) is 0 Å². The molecule has 0 unspecified atom stereocenters. The molecule has 7 nitrogen and oxygen atoms in total. The number of fused-ring (bicyclic) bond motifs is 1. The van der Waals surface area contributed by atoms with Crippen molar-refractivity contribution < 1.29 is 27.9 Å². The Morgan fingerprint density at radius 3 is 2.60 bits per heavy atom. The zero-order chi connectivity index (χ0) is 21.3. The normalized spacial score (nSPS) is 20.3. The van der Waals surface area contributed by atoms with Gasteiger partial charge in [-0.05, 0) is 36.1 Å². The second-order valence-electron chi connectivity index (χ2n) is 7.27. The van der Waals surface area contributed by atoms with E-state index in [-0.39, 0.29) is 11.4 Å². The minimum absolute atomic E-state index is 0.0242. The highest BCUT2D eigenvalue weighted by atomic mass is 19.3. The summed E-state index contributed by atoms with van der Waals surface area (Å²) >= 11 is 0. The lowest BCUT2D eigenvalue weighted by Crippen LogP contribution is -2.51. The van der Waals surface area contributed by atoms with Crippen LogP contribution in [0.2, 0.25) is 0 Å². The molecule has 30 heavy (non-hydrogen) atoms. The largest absolute Gasteiger partial charge is 0.433 e. The molecule has 0 aromatic heterocycles. The van der Waals surface area contributed by atoms with Crippen LogP contribution in [0.1, 0.15) is 17.5 Å². The van der Waals surface area contributed by atoms with E-state index < -0.39 is 36.5 Å². The Balaban J connectivity index is 1.46. The van der Waals surface area contributed by atoms with E-state index in [1.165, 1.54) is 24.3 Å². The number of rotatable bonds is 5. The topological polar surface area (TPSA) is 87.7 Å². The minimum atomic E-state index is -3.05. The van der Waals surface area contributed by atoms with Crippen LogP contribution in [-0.2, 0) is 22.4 Å². The van der Waals surface area contributed by atoms with Crippen molar-refractivity contribution in [1.82, 2.24) is 10.2 Å². The van der Waals surface area contributed by atoms with Crippen LogP contribution < -0.4 is 15.4 Å². The van der Waals surface area contributed by atoms with Crippen molar-refractivity contribution in [3.63, 3.8) is 0 Å². The summed E-state index contributed by atoms with van der Waals surface area (Å²) in [6.45, 7) is -3.58. The number of carbonyl (C=O) groups is 3. The minimum Gasteiger partial charge on any atom is -0.433 e. The zero-order valence-corrected chi connectivity index (χ0v) is 15.9. The molecule has 9 heteroatoms. The van der Waals surface area contributed by atoms with Crippen molar-refractivity contribution in [3.8, 4) is 5.75 Å². The Labute approximate surface area is 171 Å². The highest BCUT2D eigenvalue weighted by Crippen LogP contribution is 2.33. The van der Waals surface area contributed by atoms with Crippen molar-refractivity contribution in [2.75, 3.05) is 11.9 Å². The number of imide groups is 1. The first kappa shape index (κ1) is 19.8. The molecule has 1 aliphatic carbocycles. The number of hydrogen-bond acceptors (Lipinski definition) is 4. The summed E-state index contributed by atoms with van der Waals surface area (Å²) in [7, 11) is 0. The van der Waals surface area contributed by atoms with Crippen LogP contribution in [0.15, 0.2) is 48.5 Å². The Morgan fingerprint density at radius 1 is 1.13 bits per heavy atom. The second-order valence-corrected chi connectivity index (χ2v) is 7.27. The number of para-hydroxylation sites is 2. The van der Waals surface area contributed by atoms with Gasteiger partial charge in [-0.15, -0.1) is 0 Å². The van der Waals surface area contributed by atoms with E-state index in [1.54, 1.807) is 0 Å². The molecule has 1 fully saturated rings. The molecule has 1 saturated heterocycles. The van der Waals surface area contributed by atoms with E-state index in [0.717, 1.165) is 16.0 Å². The molecule has 1 heterocycles. The number of halogens is 2. The number of nitrogens with one attached hydrogen (secondary N) is 2. The van der Waals surface area contributed by atoms with Gasteiger partial charge in [0.1, 0.15) is 17.8 Å². The number of ether oxygens (including phenoxy) is 1. The number of benzene rings is 2. The molecule has 1 atom stereocenters. The first-order valence-electron chi connectivity index (χ1n) is 9.42. The summed E-state index contributed by atoms with van der Waals surface area (Å²) < 4.78 is 29.4. The number of aryl methyl sites for hydroxylation is 1. The second kappa shape index (κ2) is 7.74. The lowest BCUT2D eigenvalue weighted by molar-refractivity contribution is -0.134. The van der Waals surface area contributed by atoms with Crippen LogP contribution in [0.3, 0.4) is 0 Å². The highest BCUT2D eigenvalue weighted by molar-refractivity contribution is 6.10. The van der Waals surface area contributed by atoms with Gasteiger partial charge in [-0.2, -0.15) is 8.78 Å². The summed E-state index contributed by atoms with van der Waals surface area (Å²) in [4.78, 5) is 38.8. The molecule has 1 aliphatic heterocycles. The van der Waals surface area contributed by atoms with Crippen LogP contribution in [0, 0.1) is 0 Å². The summed E-state index contributed by atoms with van der Waals surface area (Å²) in [6.07, 6.45) is 1.44.